The minimum Gasteiger partial charge on any atom is -0.449 e. The summed E-state index contributed by atoms with van der Waals surface area (Å²) in [4.78, 5) is 27.8. The molecular weight excluding hydrogens is 316 g/mol. The molecule has 0 spiro atoms. The van der Waals surface area contributed by atoms with Crippen molar-refractivity contribution in [3.63, 3.8) is 0 Å². The van der Waals surface area contributed by atoms with Crippen LogP contribution in [0, 0.1) is 5.92 Å². The second-order valence-corrected chi connectivity index (χ2v) is 7.03. The molecule has 0 saturated carbocycles. The van der Waals surface area contributed by atoms with Gasteiger partial charge in [-0.05, 0) is 62.3 Å². The summed E-state index contributed by atoms with van der Waals surface area (Å²) in [6.45, 7) is 6.42. The monoisotopic (exact) mass is 342 g/mol. The van der Waals surface area contributed by atoms with Crippen LogP contribution in [0.1, 0.15) is 55.2 Å². The maximum Gasteiger partial charge on any atom is 0.338 e. The molecule has 2 N–H and O–H groups in total. The van der Waals surface area contributed by atoms with E-state index in [1.54, 1.807) is 13.0 Å². The van der Waals surface area contributed by atoms with Gasteiger partial charge in [0.15, 0.2) is 6.10 Å². The third-order valence-corrected chi connectivity index (χ3v) is 4.87. The number of benzene rings is 1. The van der Waals surface area contributed by atoms with Crippen LogP contribution < -0.4 is 5.32 Å². The Kier molecular flexibility index (Phi) is 5.11. The fourth-order valence-electron chi connectivity index (χ4n) is 3.39. The molecule has 0 fully saturated rings. The minimum atomic E-state index is -0.796. The van der Waals surface area contributed by atoms with Gasteiger partial charge in [0.1, 0.15) is 0 Å². The molecule has 1 aromatic carbocycles. The van der Waals surface area contributed by atoms with Gasteiger partial charge < -0.3 is 15.0 Å². The molecule has 0 bridgehead atoms. The SMILES string of the molecule is CCCNC(=O)[C@H](C)OC(=O)c1ccc2[nH]c3c(c2c1)C[C@H](C)CC3. The maximum atomic E-state index is 12.4. The number of aromatic nitrogens is 1. The molecule has 25 heavy (non-hydrogen) atoms. The number of nitrogens with one attached hydrogen (secondary N) is 2. The zero-order valence-corrected chi connectivity index (χ0v) is 15.1. The largest absolute Gasteiger partial charge is 0.449 e. The van der Waals surface area contributed by atoms with E-state index >= 15 is 0 Å². The topological polar surface area (TPSA) is 71.2 Å². The molecule has 3 rings (SSSR count). The summed E-state index contributed by atoms with van der Waals surface area (Å²) in [5, 5.41) is 3.84. The number of amides is 1. The number of rotatable bonds is 5. The molecule has 0 saturated heterocycles. The average Bonchev–Trinajstić information content (AvgIpc) is 2.96. The Morgan fingerprint density at radius 3 is 2.96 bits per heavy atom. The van der Waals surface area contributed by atoms with Crippen molar-refractivity contribution in [2.24, 2.45) is 5.92 Å². The Balaban J connectivity index is 1.78. The zero-order chi connectivity index (χ0) is 18.0. The summed E-state index contributed by atoms with van der Waals surface area (Å²) in [6.07, 6.45) is 3.33. The summed E-state index contributed by atoms with van der Waals surface area (Å²) in [5.41, 5.74) is 4.15. The lowest BCUT2D eigenvalue weighted by Gasteiger charge is -2.18. The second-order valence-electron chi connectivity index (χ2n) is 7.03. The number of carbonyl (C=O) groups excluding carboxylic acids is 2. The normalized spacial score (nSPS) is 17.8. The van der Waals surface area contributed by atoms with E-state index in [1.165, 1.54) is 17.7 Å². The maximum absolute atomic E-state index is 12.4. The van der Waals surface area contributed by atoms with Crippen LogP contribution in [0.3, 0.4) is 0 Å². The Bertz CT molecular complexity index is 794. The number of hydrogen-bond acceptors (Lipinski definition) is 3. The van der Waals surface area contributed by atoms with Crippen molar-refractivity contribution < 1.29 is 14.3 Å². The van der Waals surface area contributed by atoms with Crippen LogP contribution in [-0.4, -0.2) is 29.5 Å². The molecule has 0 unspecified atom stereocenters. The standard InChI is InChI=1S/C20H26N2O3/c1-4-9-21-19(23)13(3)25-20(24)14-6-8-18-16(11-14)15-10-12(2)5-7-17(15)22-18/h6,8,11-13,22H,4-5,7,9-10H2,1-3H3,(H,21,23)/t12-,13+/m1/s1. The quantitative estimate of drug-likeness (QED) is 0.819. The average molecular weight is 342 g/mol. The number of aromatic amines is 1. The predicted octanol–water partition coefficient (Wildman–Crippen LogP) is 3.36. The smallest absolute Gasteiger partial charge is 0.338 e. The van der Waals surface area contributed by atoms with Gasteiger partial charge in [0.2, 0.25) is 0 Å². The van der Waals surface area contributed by atoms with E-state index < -0.39 is 12.1 Å². The summed E-state index contributed by atoms with van der Waals surface area (Å²) in [7, 11) is 0. The van der Waals surface area contributed by atoms with Crippen LogP contribution in [0.4, 0.5) is 0 Å². The van der Waals surface area contributed by atoms with Crippen LogP contribution in [0.25, 0.3) is 10.9 Å². The van der Waals surface area contributed by atoms with Crippen molar-refractivity contribution in [1.82, 2.24) is 10.3 Å². The third-order valence-electron chi connectivity index (χ3n) is 4.87. The van der Waals surface area contributed by atoms with Crippen LogP contribution in [0.5, 0.6) is 0 Å². The predicted molar refractivity (Wildman–Crippen MR) is 97.7 cm³/mol. The minimum absolute atomic E-state index is 0.260. The Morgan fingerprint density at radius 1 is 1.40 bits per heavy atom. The van der Waals surface area contributed by atoms with Crippen molar-refractivity contribution in [1.29, 1.82) is 0 Å². The van der Waals surface area contributed by atoms with E-state index in [1.807, 2.05) is 19.1 Å². The van der Waals surface area contributed by atoms with Gasteiger partial charge in [-0.3, -0.25) is 4.79 Å². The van der Waals surface area contributed by atoms with Gasteiger partial charge in [0, 0.05) is 23.1 Å². The molecule has 2 atom stereocenters. The number of ether oxygens (including phenoxy) is 1. The van der Waals surface area contributed by atoms with E-state index in [-0.39, 0.29) is 5.91 Å². The molecule has 134 valence electrons. The first-order valence-electron chi connectivity index (χ1n) is 9.11. The lowest BCUT2D eigenvalue weighted by atomic mass is 9.87. The summed E-state index contributed by atoms with van der Waals surface area (Å²) >= 11 is 0. The lowest BCUT2D eigenvalue weighted by molar-refractivity contribution is -0.129. The van der Waals surface area contributed by atoms with Crippen molar-refractivity contribution in [3.8, 4) is 0 Å². The summed E-state index contributed by atoms with van der Waals surface area (Å²) in [6, 6.07) is 5.57. The van der Waals surface area contributed by atoms with E-state index in [2.05, 4.69) is 17.2 Å². The molecule has 1 aliphatic rings. The molecule has 5 nitrogen and oxygen atoms in total. The molecule has 0 aliphatic heterocycles. The fourth-order valence-corrected chi connectivity index (χ4v) is 3.39. The van der Waals surface area contributed by atoms with Gasteiger partial charge in [-0.15, -0.1) is 0 Å². The number of carbonyl (C=O) groups is 2. The molecule has 0 radical (unpaired) electrons. The van der Waals surface area contributed by atoms with E-state index in [0.717, 1.165) is 30.2 Å². The van der Waals surface area contributed by atoms with Gasteiger partial charge in [-0.25, -0.2) is 4.79 Å². The van der Waals surface area contributed by atoms with Crippen LogP contribution in [-0.2, 0) is 22.4 Å². The van der Waals surface area contributed by atoms with E-state index in [9.17, 15) is 9.59 Å². The number of esters is 1. The number of H-pyrrole nitrogens is 1. The van der Waals surface area contributed by atoms with Gasteiger partial charge >= 0.3 is 5.97 Å². The summed E-state index contributed by atoms with van der Waals surface area (Å²) in [5.74, 6) is -0.0617. The first-order chi connectivity index (χ1) is 12.0. The van der Waals surface area contributed by atoms with Crippen molar-refractivity contribution in [2.45, 2.75) is 52.6 Å². The van der Waals surface area contributed by atoms with Crippen molar-refractivity contribution in [3.05, 3.63) is 35.0 Å². The molecular formula is C20H26N2O3. The van der Waals surface area contributed by atoms with Gasteiger partial charge in [-0.2, -0.15) is 0 Å². The van der Waals surface area contributed by atoms with E-state index in [0.29, 0.717) is 18.0 Å². The van der Waals surface area contributed by atoms with Gasteiger partial charge in [0.05, 0.1) is 5.56 Å². The molecule has 1 aliphatic carbocycles. The molecule has 1 amide bonds. The Hall–Kier alpha value is -2.30. The van der Waals surface area contributed by atoms with Crippen LogP contribution in [0.15, 0.2) is 18.2 Å². The summed E-state index contributed by atoms with van der Waals surface area (Å²) < 4.78 is 5.32. The highest BCUT2D eigenvalue weighted by molar-refractivity contribution is 5.97. The first-order valence-corrected chi connectivity index (χ1v) is 9.11. The highest BCUT2D eigenvalue weighted by Crippen LogP contribution is 2.32. The van der Waals surface area contributed by atoms with Crippen LogP contribution >= 0.6 is 0 Å². The second kappa shape index (κ2) is 7.30. The first kappa shape index (κ1) is 17.5. The highest BCUT2D eigenvalue weighted by Gasteiger charge is 2.22. The van der Waals surface area contributed by atoms with Gasteiger partial charge in [-0.1, -0.05) is 13.8 Å². The zero-order valence-electron chi connectivity index (χ0n) is 15.1. The molecule has 2 aromatic rings. The highest BCUT2D eigenvalue weighted by atomic mass is 16.5. The van der Waals surface area contributed by atoms with Gasteiger partial charge in [0.25, 0.3) is 5.91 Å². The third kappa shape index (κ3) is 3.70. The molecule has 1 heterocycles. The Labute approximate surface area is 148 Å². The number of hydrogen-bond donors (Lipinski definition) is 2. The van der Waals surface area contributed by atoms with Crippen LogP contribution in [0.2, 0.25) is 0 Å². The van der Waals surface area contributed by atoms with Crippen molar-refractivity contribution in [2.75, 3.05) is 6.54 Å². The number of fused-ring (bicyclic) bond motifs is 3. The Morgan fingerprint density at radius 2 is 2.20 bits per heavy atom. The van der Waals surface area contributed by atoms with E-state index in [4.69, 9.17) is 4.74 Å². The number of aryl methyl sites for hydroxylation is 1. The molecule has 1 aromatic heterocycles. The van der Waals surface area contributed by atoms with Crippen molar-refractivity contribution >= 4 is 22.8 Å². The fraction of sp³-hybridized carbons (Fsp3) is 0.500. The lowest BCUT2D eigenvalue weighted by Crippen LogP contribution is -2.36. The molecule has 5 heteroatoms.